The van der Waals surface area contributed by atoms with Crippen LogP contribution in [0.5, 0.6) is 0 Å². The van der Waals surface area contributed by atoms with Crippen LogP contribution < -0.4 is 15.2 Å². The second-order valence-electron chi connectivity index (χ2n) is 5.62. The molecule has 2 aliphatic rings. The number of piperidine rings is 1. The smallest absolute Gasteiger partial charge is 0.296 e. The molecule has 2 heterocycles. The number of nitrogens with two attached hydrogens (primary N) is 1. The van der Waals surface area contributed by atoms with Crippen molar-refractivity contribution >= 4 is 21.6 Å². The zero-order valence-corrected chi connectivity index (χ0v) is 12.1. The first kappa shape index (κ1) is 13.7. The van der Waals surface area contributed by atoms with Gasteiger partial charge in [-0.15, -0.1) is 0 Å². The lowest BCUT2D eigenvalue weighted by molar-refractivity contribution is 0.255. The first-order valence-electron chi connectivity index (χ1n) is 6.89. The topological polar surface area (TPSA) is 87.5 Å². The molecule has 0 aliphatic carbocycles. The molecule has 0 amide bonds. The molecule has 6 nitrogen and oxygen atoms in total. The molecular weight excluding hydrogens is 276 g/mol. The number of fused-ring (bicyclic) bond motifs is 2. The normalized spacial score (nSPS) is 29.1. The van der Waals surface area contributed by atoms with Crippen molar-refractivity contribution in [2.75, 3.05) is 29.7 Å². The molecule has 1 aromatic rings. The zero-order chi connectivity index (χ0) is 14.2. The summed E-state index contributed by atoms with van der Waals surface area (Å²) >= 11 is 0. The third kappa shape index (κ3) is 3.23. The highest BCUT2D eigenvalue weighted by Crippen LogP contribution is 2.29. The van der Waals surface area contributed by atoms with Crippen LogP contribution in [0.15, 0.2) is 24.3 Å². The molecule has 4 N–H and O–H groups in total. The molecule has 0 spiro atoms. The predicted octanol–water partition coefficient (Wildman–Crippen LogP) is 0.808. The summed E-state index contributed by atoms with van der Waals surface area (Å²) in [6.45, 7) is 3.52. The molecule has 3 unspecified atom stereocenters. The summed E-state index contributed by atoms with van der Waals surface area (Å²) < 4.78 is 24.4. The van der Waals surface area contributed by atoms with Crippen LogP contribution in [-0.2, 0) is 10.2 Å². The van der Waals surface area contributed by atoms with Crippen LogP contribution in [0.1, 0.15) is 12.8 Å². The van der Waals surface area contributed by atoms with E-state index in [4.69, 9.17) is 5.14 Å². The Morgan fingerprint density at radius 1 is 1.20 bits per heavy atom. The van der Waals surface area contributed by atoms with Gasteiger partial charge in [0.2, 0.25) is 0 Å². The van der Waals surface area contributed by atoms with Gasteiger partial charge in [-0.1, -0.05) is 6.07 Å². The van der Waals surface area contributed by atoms with Crippen LogP contribution in [0.25, 0.3) is 0 Å². The van der Waals surface area contributed by atoms with Gasteiger partial charge < -0.3 is 10.2 Å². The van der Waals surface area contributed by atoms with Gasteiger partial charge in [0.1, 0.15) is 0 Å². The standard InChI is InChI=1S/C13H20N4O2S/c14-20(18,19)16-12-3-1-2-11(8-12)15-13-5-7-17-6-4-10(13)9-17/h1-3,8,10,13,15-16H,4-7,9H2,(H2,14,18,19). The van der Waals surface area contributed by atoms with Gasteiger partial charge in [0, 0.05) is 24.8 Å². The SMILES string of the molecule is NS(=O)(=O)Nc1cccc(NC2CCN3CCC2C3)c1. The number of benzene rings is 1. The van der Waals surface area contributed by atoms with E-state index in [2.05, 4.69) is 14.9 Å². The summed E-state index contributed by atoms with van der Waals surface area (Å²) in [7, 11) is -3.72. The van der Waals surface area contributed by atoms with Crippen molar-refractivity contribution in [1.29, 1.82) is 0 Å². The average Bonchev–Trinajstić information content (AvgIpc) is 2.74. The Morgan fingerprint density at radius 2 is 1.95 bits per heavy atom. The van der Waals surface area contributed by atoms with Gasteiger partial charge in [0.25, 0.3) is 10.2 Å². The Labute approximate surface area is 119 Å². The van der Waals surface area contributed by atoms with Crippen molar-refractivity contribution in [2.24, 2.45) is 11.1 Å². The van der Waals surface area contributed by atoms with Crippen molar-refractivity contribution in [2.45, 2.75) is 18.9 Å². The summed E-state index contributed by atoms with van der Waals surface area (Å²) in [5, 5.41) is 8.52. The van der Waals surface area contributed by atoms with Gasteiger partial charge in [-0.25, -0.2) is 5.14 Å². The Bertz CT molecular complexity index is 590. The molecule has 0 radical (unpaired) electrons. The van der Waals surface area contributed by atoms with Gasteiger partial charge in [-0.2, -0.15) is 8.42 Å². The molecule has 0 aromatic heterocycles. The molecule has 3 rings (SSSR count). The lowest BCUT2D eigenvalue weighted by Crippen LogP contribution is -2.39. The van der Waals surface area contributed by atoms with Crippen LogP contribution in [0, 0.1) is 5.92 Å². The van der Waals surface area contributed by atoms with E-state index in [0.717, 1.165) is 18.7 Å². The lowest BCUT2D eigenvalue weighted by atomic mass is 9.94. The summed E-state index contributed by atoms with van der Waals surface area (Å²) in [5.41, 5.74) is 1.42. The number of nitrogens with one attached hydrogen (secondary N) is 2. The molecule has 2 fully saturated rings. The molecule has 110 valence electrons. The van der Waals surface area contributed by atoms with Crippen molar-refractivity contribution < 1.29 is 8.42 Å². The zero-order valence-electron chi connectivity index (χ0n) is 11.2. The van der Waals surface area contributed by atoms with E-state index >= 15 is 0 Å². The second-order valence-corrected chi connectivity index (χ2v) is 6.91. The van der Waals surface area contributed by atoms with Gasteiger partial charge in [-0.05, 0) is 43.5 Å². The Hall–Kier alpha value is -1.31. The largest absolute Gasteiger partial charge is 0.382 e. The van der Waals surface area contributed by atoms with Gasteiger partial charge in [-0.3, -0.25) is 4.72 Å². The van der Waals surface area contributed by atoms with E-state index in [1.807, 2.05) is 12.1 Å². The van der Waals surface area contributed by atoms with E-state index in [9.17, 15) is 8.42 Å². The Morgan fingerprint density at radius 3 is 2.75 bits per heavy atom. The van der Waals surface area contributed by atoms with Gasteiger partial charge >= 0.3 is 0 Å². The first-order chi connectivity index (χ1) is 9.49. The Balaban J connectivity index is 1.69. The second kappa shape index (κ2) is 5.23. The molecule has 0 saturated carbocycles. The summed E-state index contributed by atoms with van der Waals surface area (Å²) in [6, 6.07) is 7.72. The number of rotatable bonds is 4. The lowest BCUT2D eigenvalue weighted by Gasteiger charge is -2.31. The minimum Gasteiger partial charge on any atom is -0.382 e. The highest BCUT2D eigenvalue weighted by atomic mass is 32.2. The maximum Gasteiger partial charge on any atom is 0.296 e. The molecule has 2 aliphatic heterocycles. The van der Waals surface area contributed by atoms with Crippen molar-refractivity contribution in [1.82, 2.24) is 4.90 Å². The van der Waals surface area contributed by atoms with E-state index in [0.29, 0.717) is 17.6 Å². The highest BCUT2D eigenvalue weighted by molar-refractivity contribution is 7.90. The maximum atomic E-state index is 11.0. The van der Waals surface area contributed by atoms with Crippen molar-refractivity contribution in [3.05, 3.63) is 24.3 Å². The first-order valence-corrected chi connectivity index (χ1v) is 8.44. The summed E-state index contributed by atoms with van der Waals surface area (Å²) in [6.07, 6.45) is 2.38. The number of hydrogen-bond donors (Lipinski definition) is 3. The molecule has 7 heteroatoms. The highest BCUT2D eigenvalue weighted by Gasteiger charge is 2.33. The predicted molar refractivity (Wildman–Crippen MR) is 79.7 cm³/mol. The number of anilines is 2. The molecule has 2 saturated heterocycles. The quantitative estimate of drug-likeness (QED) is 0.767. The summed E-state index contributed by atoms with van der Waals surface area (Å²) in [5.74, 6) is 0.693. The minimum atomic E-state index is -3.72. The minimum absolute atomic E-state index is 0.471. The van der Waals surface area contributed by atoms with Crippen LogP contribution in [-0.4, -0.2) is 39.0 Å². The molecule has 3 atom stereocenters. The fourth-order valence-electron chi connectivity index (χ4n) is 3.19. The van der Waals surface area contributed by atoms with Crippen LogP contribution >= 0.6 is 0 Å². The van der Waals surface area contributed by atoms with Crippen molar-refractivity contribution in [3.8, 4) is 0 Å². The average molecular weight is 296 g/mol. The van der Waals surface area contributed by atoms with E-state index < -0.39 is 10.2 Å². The van der Waals surface area contributed by atoms with Gasteiger partial charge in [0.15, 0.2) is 0 Å². The van der Waals surface area contributed by atoms with E-state index in [-0.39, 0.29) is 0 Å². The van der Waals surface area contributed by atoms with Crippen LogP contribution in [0.2, 0.25) is 0 Å². The molecule has 20 heavy (non-hydrogen) atoms. The fraction of sp³-hybridized carbons (Fsp3) is 0.538. The summed E-state index contributed by atoms with van der Waals surface area (Å²) in [4.78, 5) is 2.50. The molecular formula is C13H20N4O2S. The fourth-order valence-corrected chi connectivity index (χ4v) is 3.65. The number of hydrogen-bond acceptors (Lipinski definition) is 4. The van der Waals surface area contributed by atoms with Crippen LogP contribution in [0.4, 0.5) is 11.4 Å². The monoisotopic (exact) mass is 296 g/mol. The van der Waals surface area contributed by atoms with Crippen molar-refractivity contribution in [3.63, 3.8) is 0 Å². The maximum absolute atomic E-state index is 11.0. The molecule has 1 aromatic carbocycles. The van der Waals surface area contributed by atoms with E-state index in [1.54, 1.807) is 12.1 Å². The van der Waals surface area contributed by atoms with E-state index in [1.165, 1.54) is 19.5 Å². The van der Waals surface area contributed by atoms with Gasteiger partial charge in [0.05, 0.1) is 5.69 Å². The third-order valence-electron chi connectivity index (χ3n) is 4.11. The molecule has 2 bridgehead atoms. The third-order valence-corrected chi connectivity index (χ3v) is 4.63. The van der Waals surface area contributed by atoms with Crippen LogP contribution in [0.3, 0.4) is 0 Å². The number of nitrogens with zero attached hydrogens (tertiary/aromatic N) is 1. The Kier molecular flexibility index (Phi) is 3.57.